The van der Waals surface area contributed by atoms with Gasteiger partial charge in [-0.05, 0) is 45.0 Å². The van der Waals surface area contributed by atoms with Crippen molar-refractivity contribution >= 4 is 29.9 Å². The number of hydrogen-bond donors (Lipinski definition) is 2. The van der Waals surface area contributed by atoms with E-state index in [0.29, 0.717) is 11.4 Å². The van der Waals surface area contributed by atoms with E-state index in [1.54, 1.807) is 19.2 Å². The van der Waals surface area contributed by atoms with Crippen molar-refractivity contribution in [2.75, 3.05) is 32.0 Å². The van der Waals surface area contributed by atoms with Crippen LogP contribution in [0.4, 0.5) is 5.69 Å². The Morgan fingerprint density at radius 1 is 1.26 bits per heavy atom. The number of nitrogens with zero attached hydrogens (tertiary/aromatic N) is 4. The Labute approximate surface area is 164 Å². The number of amides is 2. The minimum absolute atomic E-state index is 0. The lowest BCUT2D eigenvalue weighted by Gasteiger charge is -2.23. The Kier molecular flexibility index (Phi) is 7.32. The summed E-state index contributed by atoms with van der Waals surface area (Å²) in [5.41, 5.74) is 1.75. The van der Waals surface area contributed by atoms with Crippen molar-refractivity contribution in [3.8, 4) is 0 Å². The lowest BCUT2D eigenvalue weighted by atomic mass is 10.1. The van der Waals surface area contributed by atoms with Gasteiger partial charge in [0.25, 0.3) is 5.91 Å². The number of benzene rings is 1. The second kappa shape index (κ2) is 9.48. The molecule has 3 rings (SSSR count). The third-order valence-electron chi connectivity index (χ3n) is 4.57. The molecule has 9 heteroatoms. The Morgan fingerprint density at radius 3 is 2.59 bits per heavy atom. The zero-order chi connectivity index (χ0) is 18.5. The molecule has 2 aromatic rings. The molecule has 1 saturated heterocycles. The number of carbonyl (C=O) groups excluding carboxylic acids is 2. The molecule has 0 spiro atoms. The summed E-state index contributed by atoms with van der Waals surface area (Å²) in [7, 11) is 1.59. The summed E-state index contributed by atoms with van der Waals surface area (Å²) in [6.07, 6.45) is 1.93. The molecule has 2 amide bonds. The van der Waals surface area contributed by atoms with Crippen LogP contribution in [0.3, 0.4) is 0 Å². The van der Waals surface area contributed by atoms with E-state index in [4.69, 9.17) is 0 Å². The van der Waals surface area contributed by atoms with Crippen molar-refractivity contribution in [1.29, 1.82) is 0 Å². The summed E-state index contributed by atoms with van der Waals surface area (Å²) in [5, 5.41) is 14.3. The molecule has 0 aliphatic carbocycles. The zero-order valence-corrected chi connectivity index (χ0v) is 16.3. The summed E-state index contributed by atoms with van der Waals surface area (Å²) >= 11 is 0. The molecule has 2 heterocycles. The maximum atomic E-state index is 12.7. The second-order valence-electron chi connectivity index (χ2n) is 6.52. The van der Waals surface area contributed by atoms with Gasteiger partial charge in [-0.15, -0.1) is 17.5 Å². The van der Waals surface area contributed by atoms with Crippen molar-refractivity contribution < 1.29 is 9.59 Å². The number of carbonyl (C=O) groups is 2. The number of hydrogen-bond acceptors (Lipinski definition) is 5. The molecular weight excluding hydrogens is 368 g/mol. The van der Waals surface area contributed by atoms with Crippen LogP contribution in [0.5, 0.6) is 0 Å². The SMILES string of the molecule is Cc1c(C(=O)N(C)CC(=O)Nc2ccccc2)nnn1C1CCNCC1.Cl. The highest BCUT2D eigenvalue weighted by Crippen LogP contribution is 2.20. The zero-order valence-electron chi connectivity index (χ0n) is 15.5. The minimum Gasteiger partial charge on any atom is -0.331 e. The van der Waals surface area contributed by atoms with Gasteiger partial charge in [0.05, 0.1) is 18.3 Å². The number of para-hydroxylation sites is 1. The van der Waals surface area contributed by atoms with Gasteiger partial charge in [0, 0.05) is 12.7 Å². The van der Waals surface area contributed by atoms with Gasteiger partial charge in [-0.25, -0.2) is 4.68 Å². The van der Waals surface area contributed by atoms with E-state index in [2.05, 4.69) is 20.9 Å². The number of rotatable bonds is 5. The molecule has 1 aromatic heterocycles. The summed E-state index contributed by atoms with van der Waals surface area (Å²) in [5.74, 6) is -0.554. The van der Waals surface area contributed by atoms with Gasteiger partial charge >= 0.3 is 0 Å². The first kappa shape index (κ1) is 20.9. The van der Waals surface area contributed by atoms with Crippen molar-refractivity contribution in [3.63, 3.8) is 0 Å². The van der Waals surface area contributed by atoms with E-state index in [-0.39, 0.29) is 36.8 Å². The Hall–Kier alpha value is -2.45. The van der Waals surface area contributed by atoms with Crippen molar-refractivity contribution in [1.82, 2.24) is 25.2 Å². The molecule has 0 unspecified atom stereocenters. The van der Waals surface area contributed by atoms with E-state index in [1.165, 1.54) is 4.90 Å². The molecule has 0 atom stereocenters. The first-order valence-electron chi connectivity index (χ1n) is 8.79. The van der Waals surface area contributed by atoms with Gasteiger partial charge in [0.15, 0.2) is 5.69 Å². The van der Waals surface area contributed by atoms with Gasteiger partial charge in [0.2, 0.25) is 5.91 Å². The molecule has 1 aliphatic heterocycles. The topological polar surface area (TPSA) is 92.2 Å². The lowest BCUT2D eigenvalue weighted by molar-refractivity contribution is -0.116. The van der Waals surface area contributed by atoms with Crippen molar-refractivity contribution in [2.24, 2.45) is 0 Å². The Bertz CT molecular complexity index is 773. The third kappa shape index (κ3) is 5.05. The van der Waals surface area contributed by atoms with E-state index in [9.17, 15) is 9.59 Å². The van der Waals surface area contributed by atoms with Crippen LogP contribution in [0.15, 0.2) is 30.3 Å². The highest BCUT2D eigenvalue weighted by Gasteiger charge is 2.25. The molecule has 146 valence electrons. The normalized spacial score (nSPS) is 14.3. The molecule has 0 bridgehead atoms. The molecular formula is C18H25ClN6O2. The van der Waals surface area contributed by atoms with E-state index < -0.39 is 0 Å². The largest absolute Gasteiger partial charge is 0.331 e. The first-order chi connectivity index (χ1) is 12.6. The van der Waals surface area contributed by atoms with Crippen molar-refractivity contribution in [3.05, 3.63) is 41.7 Å². The second-order valence-corrected chi connectivity index (χ2v) is 6.52. The monoisotopic (exact) mass is 392 g/mol. The summed E-state index contributed by atoms with van der Waals surface area (Å²) in [6.45, 7) is 3.68. The van der Waals surface area contributed by atoms with Gasteiger partial charge in [-0.2, -0.15) is 0 Å². The van der Waals surface area contributed by atoms with Gasteiger partial charge in [-0.3, -0.25) is 9.59 Å². The molecule has 1 aromatic carbocycles. The van der Waals surface area contributed by atoms with Crippen LogP contribution in [-0.2, 0) is 4.79 Å². The van der Waals surface area contributed by atoms with Crippen LogP contribution in [0.25, 0.3) is 0 Å². The average molecular weight is 393 g/mol. The van der Waals surface area contributed by atoms with Crippen LogP contribution in [0.1, 0.15) is 35.1 Å². The molecule has 8 nitrogen and oxygen atoms in total. The molecule has 0 radical (unpaired) electrons. The van der Waals surface area contributed by atoms with Gasteiger partial charge < -0.3 is 15.5 Å². The maximum Gasteiger partial charge on any atom is 0.276 e. The smallest absolute Gasteiger partial charge is 0.276 e. The van der Waals surface area contributed by atoms with Crippen LogP contribution >= 0.6 is 12.4 Å². The number of nitrogens with one attached hydrogen (secondary N) is 2. The van der Waals surface area contributed by atoms with Gasteiger partial charge in [0.1, 0.15) is 0 Å². The predicted octanol–water partition coefficient (Wildman–Crippen LogP) is 1.64. The van der Waals surface area contributed by atoms with Crippen LogP contribution in [0.2, 0.25) is 0 Å². The average Bonchev–Trinajstić information content (AvgIpc) is 3.04. The number of aromatic nitrogens is 3. The summed E-state index contributed by atoms with van der Waals surface area (Å²) < 4.78 is 1.84. The molecule has 2 N–H and O–H groups in total. The fourth-order valence-corrected chi connectivity index (χ4v) is 3.13. The van der Waals surface area contributed by atoms with Crippen LogP contribution in [-0.4, -0.2) is 58.4 Å². The van der Waals surface area contributed by atoms with E-state index >= 15 is 0 Å². The summed E-state index contributed by atoms with van der Waals surface area (Å²) in [6, 6.07) is 9.42. The predicted molar refractivity (Wildman–Crippen MR) is 105 cm³/mol. The fraction of sp³-hybridized carbons (Fsp3) is 0.444. The number of anilines is 1. The van der Waals surface area contributed by atoms with Crippen LogP contribution < -0.4 is 10.6 Å². The quantitative estimate of drug-likeness (QED) is 0.807. The number of piperidine rings is 1. The first-order valence-corrected chi connectivity index (χ1v) is 8.79. The summed E-state index contributed by atoms with van der Waals surface area (Å²) in [4.78, 5) is 26.2. The van der Waals surface area contributed by atoms with E-state index in [1.807, 2.05) is 29.8 Å². The molecule has 0 saturated carbocycles. The highest BCUT2D eigenvalue weighted by atomic mass is 35.5. The van der Waals surface area contributed by atoms with E-state index in [0.717, 1.165) is 31.6 Å². The standard InChI is InChI=1S/C18H24N6O2.ClH/c1-13-17(21-22-24(13)15-8-10-19-11-9-15)18(26)23(2)12-16(25)20-14-6-4-3-5-7-14;/h3-7,15,19H,8-12H2,1-2H3,(H,20,25);1H. The molecule has 27 heavy (non-hydrogen) atoms. The molecule has 1 aliphatic rings. The fourth-order valence-electron chi connectivity index (χ4n) is 3.13. The Morgan fingerprint density at radius 2 is 1.93 bits per heavy atom. The minimum atomic E-state index is -0.300. The van der Waals surface area contributed by atoms with Crippen molar-refractivity contribution in [2.45, 2.75) is 25.8 Å². The Balaban J connectivity index is 0.00000261. The number of halogens is 1. The lowest BCUT2D eigenvalue weighted by Crippen LogP contribution is -2.35. The highest BCUT2D eigenvalue weighted by molar-refractivity contribution is 5.98. The van der Waals surface area contributed by atoms with Gasteiger partial charge in [-0.1, -0.05) is 23.4 Å². The third-order valence-corrected chi connectivity index (χ3v) is 4.57. The number of likely N-dealkylation sites (N-methyl/N-ethyl adjacent to an activating group) is 1. The molecule has 1 fully saturated rings. The maximum absolute atomic E-state index is 12.7. The van der Waals surface area contributed by atoms with Crippen LogP contribution in [0, 0.1) is 6.92 Å².